The van der Waals surface area contributed by atoms with Crippen molar-refractivity contribution in [3.05, 3.63) is 54.1 Å². The maximum Gasteiger partial charge on any atom is 0.245 e. The Balaban J connectivity index is 1.63. The van der Waals surface area contributed by atoms with Crippen molar-refractivity contribution >= 4 is 38.3 Å². The smallest absolute Gasteiger partial charge is 0.245 e. The zero-order chi connectivity index (χ0) is 14.7. The van der Waals surface area contributed by atoms with Gasteiger partial charge in [0.05, 0.1) is 16.8 Å². The van der Waals surface area contributed by atoms with Gasteiger partial charge in [0.15, 0.2) is 5.13 Å². The van der Waals surface area contributed by atoms with Crippen LogP contribution in [0.2, 0.25) is 0 Å². The number of anilines is 2. The maximum absolute atomic E-state index is 11.9. The van der Waals surface area contributed by atoms with Crippen molar-refractivity contribution in [2.45, 2.75) is 6.92 Å². The number of carbonyl (C=O) groups is 1. The standard InChI is InChI=1S/C16H15N3OS/c1-11-7-8-13-14(9-11)21-16(18-13)19-15(20)10-17-12-5-3-2-4-6-12/h2-9,17H,10H2,1H3,(H,18,19,20). The first-order chi connectivity index (χ1) is 10.2. The molecule has 1 amide bonds. The summed E-state index contributed by atoms with van der Waals surface area (Å²) < 4.78 is 1.08. The van der Waals surface area contributed by atoms with Gasteiger partial charge < -0.3 is 10.6 Å². The normalized spacial score (nSPS) is 10.5. The molecule has 0 fully saturated rings. The van der Waals surface area contributed by atoms with Gasteiger partial charge in [0.25, 0.3) is 0 Å². The van der Waals surface area contributed by atoms with E-state index in [2.05, 4.69) is 21.7 Å². The lowest BCUT2D eigenvalue weighted by Crippen LogP contribution is -2.21. The van der Waals surface area contributed by atoms with Crippen molar-refractivity contribution in [1.29, 1.82) is 0 Å². The number of fused-ring (bicyclic) bond motifs is 1. The molecule has 2 N–H and O–H groups in total. The lowest BCUT2D eigenvalue weighted by molar-refractivity contribution is -0.114. The quantitative estimate of drug-likeness (QED) is 0.773. The summed E-state index contributed by atoms with van der Waals surface area (Å²) in [5, 5.41) is 6.53. The van der Waals surface area contributed by atoms with Crippen LogP contribution in [0.1, 0.15) is 5.56 Å². The zero-order valence-electron chi connectivity index (χ0n) is 11.6. The van der Waals surface area contributed by atoms with Gasteiger partial charge in [-0.15, -0.1) is 0 Å². The van der Waals surface area contributed by atoms with Crippen molar-refractivity contribution in [3.8, 4) is 0 Å². The average Bonchev–Trinajstić information content (AvgIpc) is 2.87. The molecule has 3 aromatic rings. The van der Waals surface area contributed by atoms with Crippen LogP contribution in [0, 0.1) is 6.92 Å². The van der Waals surface area contributed by atoms with Gasteiger partial charge in [-0.25, -0.2) is 4.98 Å². The highest BCUT2D eigenvalue weighted by molar-refractivity contribution is 7.22. The number of nitrogens with one attached hydrogen (secondary N) is 2. The maximum atomic E-state index is 11.9. The molecule has 0 saturated heterocycles. The number of aromatic nitrogens is 1. The van der Waals surface area contributed by atoms with Gasteiger partial charge in [-0.3, -0.25) is 4.79 Å². The van der Waals surface area contributed by atoms with Crippen molar-refractivity contribution in [1.82, 2.24) is 4.98 Å². The molecule has 5 heteroatoms. The molecule has 0 bridgehead atoms. The van der Waals surface area contributed by atoms with E-state index in [9.17, 15) is 4.79 Å². The Bertz CT molecular complexity index is 768. The SMILES string of the molecule is Cc1ccc2nc(NC(=O)CNc3ccccc3)sc2c1. The van der Waals surface area contributed by atoms with E-state index in [0.717, 1.165) is 15.9 Å². The Kier molecular flexibility index (Phi) is 3.83. The van der Waals surface area contributed by atoms with E-state index in [1.807, 2.05) is 49.4 Å². The number of aryl methyl sites for hydroxylation is 1. The van der Waals surface area contributed by atoms with Crippen molar-refractivity contribution in [2.24, 2.45) is 0 Å². The van der Waals surface area contributed by atoms with Gasteiger partial charge >= 0.3 is 0 Å². The van der Waals surface area contributed by atoms with E-state index < -0.39 is 0 Å². The minimum absolute atomic E-state index is 0.102. The van der Waals surface area contributed by atoms with Crippen LogP contribution in [0.5, 0.6) is 0 Å². The summed E-state index contributed by atoms with van der Waals surface area (Å²) in [6, 6.07) is 15.7. The summed E-state index contributed by atoms with van der Waals surface area (Å²) in [5.74, 6) is -0.102. The molecule has 2 aromatic carbocycles. The number of hydrogen-bond acceptors (Lipinski definition) is 4. The highest BCUT2D eigenvalue weighted by Gasteiger charge is 2.07. The number of hydrogen-bond donors (Lipinski definition) is 2. The summed E-state index contributed by atoms with van der Waals surface area (Å²) in [4.78, 5) is 16.3. The van der Waals surface area contributed by atoms with Crippen LogP contribution in [0.15, 0.2) is 48.5 Å². The molecule has 0 saturated carbocycles. The molecule has 0 aliphatic heterocycles. The van der Waals surface area contributed by atoms with Crippen molar-refractivity contribution < 1.29 is 4.79 Å². The van der Waals surface area contributed by atoms with Crippen molar-refractivity contribution in [3.63, 3.8) is 0 Å². The van der Waals surface area contributed by atoms with Crippen LogP contribution in [-0.4, -0.2) is 17.4 Å². The first kappa shape index (κ1) is 13.6. The third-order valence-corrected chi connectivity index (χ3v) is 3.95. The van der Waals surface area contributed by atoms with E-state index in [0.29, 0.717) is 5.13 Å². The number of carbonyl (C=O) groups excluding carboxylic acids is 1. The van der Waals surface area contributed by atoms with Crippen LogP contribution in [0.25, 0.3) is 10.2 Å². The Hall–Kier alpha value is -2.40. The lowest BCUT2D eigenvalue weighted by atomic mass is 10.2. The Morgan fingerprint density at radius 2 is 2.00 bits per heavy atom. The summed E-state index contributed by atoms with van der Waals surface area (Å²) >= 11 is 1.49. The lowest BCUT2D eigenvalue weighted by Gasteiger charge is -2.05. The van der Waals surface area contributed by atoms with Crippen LogP contribution >= 0.6 is 11.3 Å². The predicted molar refractivity (Wildman–Crippen MR) is 87.9 cm³/mol. The first-order valence-corrected chi connectivity index (χ1v) is 7.48. The molecule has 21 heavy (non-hydrogen) atoms. The Morgan fingerprint density at radius 3 is 2.81 bits per heavy atom. The van der Waals surface area contributed by atoms with E-state index in [1.54, 1.807) is 0 Å². The topological polar surface area (TPSA) is 54.0 Å². The molecule has 3 rings (SSSR count). The number of thiazole rings is 1. The van der Waals surface area contributed by atoms with Gasteiger partial charge in [-0.05, 0) is 36.8 Å². The zero-order valence-corrected chi connectivity index (χ0v) is 12.4. The summed E-state index contributed by atoms with van der Waals surface area (Å²) in [5.41, 5.74) is 3.03. The fourth-order valence-electron chi connectivity index (χ4n) is 1.99. The molecule has 0 aliphatic rings. The third kappa shape index (κ3) is 3.38. The summed E-state index contributed by atoms with van der Waals surface area (Å²) in [7, 11) is 0. The van der Waals surface area contributed by atoms with Crippen LogP contribution in [0.3, 0.4) is 0 Å². The Morgan fingerprint density at radius 1 is 1.19 bits per heavy atom. The number of amides is 1. The summed E-state index contributed by atoms with van der Waals surface area (Å²) in [6.45, 7) is 2.26. The second-order valence-corrected chi connectivity index (χ2v) is 5.79. The van der Waals surface area contributed by atoms with E-state index >= 15 is 0 Å². The van der Waals surface area contributed by atoms with Gasteiger partial charge in [-0.2, -0.15) is 0 Å². The predicted octanol–water partition coefficient (Wildman–Crippen LogP) is 3.66. The number of nitrogens with zero attached hydrogens (tertiary/aromatic N) is 1. The van der Waals surface area contributed by atoms with Gasteiger partial charge in [0.1, 0.15) is 0 Å². The second kappa shape index (κ2) is 5.93. The molecule has 4 nitrogen and oxygen atoms in total. The average molecular weight is 297 g/mol. The highest BCUT2D eigenvalue weighted by atomic mass is 32.1. The van der Waals surface area contributed by atoms with Crippen molar-refractivity contribution in [2.75, 3.05) is 17.2 Å². The molecule has 106 valence electrons. The van der Waals surface area contributed by atoms with Gasteiger partial charge in [0.2, 0.25) is 5.91 Å². The van der Waals surface area contributed by atoms with E-state index in [-0.39, 0.29) is 12.5 Å². The molecule has 0 atom stereocenters. The number of rotatable bonds is 4. The highest BCUT2D eigenvalue weighted by Crippen LogP contribution is 2.26. The molecule has 0 spiro atoms. The van der Waals surface area contributed by atoms with Gasteiger partial charge in [0, 0.05) is 5.69 Å². The van der Waals surface area contributed by atoms with Crippen LogP contribution in [0.4, 0.5) is 10.8 Å². The first-order valence-electron chi connectivity index (χ1n) is 6.67. The third-order valence-electron chi connectivity index (χ3n) is 3.02. The van der Waals surface area contributed by atoms with Crippen LogP contribution < -0.4 is 10.6 Å². The molecule has 0 unspecified atom stereocenters. The number of benzene rings is 2. The largest absolute Gasteiger partial charge is 0.376 e. The van der Waals surface area contributed by atoms with Gasteiger partial charge in [-0.1, -0.05) is 35.6 Å². The monoisotopic (exact) mass is 297 g/mol. The Labute approximate surface area is 126 Å². The molecular weight excluding hydrogens is 282 g/mol. The molecule has 1 heterocycles. The summed E-state index contributed by atoms with van der Waals surface area (Å²) in [6.07, 6.45) is 0. The fourth-order valence-corrected chi connectivity index (χ4v) is 2.97. The fraction of sp³-hybridized carbons (Fsp3) is 0.125. The molecule has 0 radical (unpaired) electrons. The van der Waals surface area contributed by atoms with E-state index in [4.69, 9.17) is 0 Å². The second-order valence-electron chi connectivity index (χ2n) is 4.76. The van der Waals surface area contributed by atoms with E-state index in [1.165, 1.54) is 16.9 Å². The minimum atomic E-state index is -0.102. The molecule has 0 aliphatic carbocycles. The molecular formula is C16H15N3OS. The van der Waals surface area contributed by atoms with Crippen LogP contribution in [-0.2, 0) is 4.79 Å². The minimum Gasteiger partial charge on any atom is -0.376 e. The molecule has 1 aromatic heterocycles. The number of para-hydroxylation sites is 1.